The molecule has 0 atom stereocenters. The number of pyridine rings is 1. The Labute approximate surface area is 188 Å². The molecular weight excluding hydrogens is 396 g/mol. The molecule has 162 valence electrons. The molecule has 0 bridgehead atoms. The summed E-state index contributed by atoms with van der Waals surface area (Å²) in [5.74, 6) is -0.0721. The molecule has 0 fully saturated rings. The zero-order valence-corrected chi connectivity index (χ0v) is 18.9. The molecule has 5 heteroatoms. The maximum Gasteiger partial charge on any atom is 0.251 e. The van der Waals surface area contributed by atoms with Crippen LogP contribution < -0.4 is 5.32 Å². The van der Waals surface area contributed by atoms with E-state index in [1.54, 1.807) is 7.05 Å². The van der Waals surface area contributed by atoms with E-state index in [1.807, 2.05) is 24.3 Å². The van der Waals surface area contributed by atoms with Crippen LogP contribution in [-0.2, 0) is 12.8 Å². The average molecular weight is 425 g/mol. The number of amides is 1. The van der Waals surface area contributed by atoms with Gasteiger partial charge in [-0.2, -0.15) is 0 Å². The maximum atomic E-state index is 12.0. The van der Waals surface area contributed by atoms with Gasteiger partial charge in [-0.3, -0.25) is 9.78 Å². The van der Waals surface area contributed by atoms with Crippen molar-refractivity contribution in [1.29, 1.82) is 0 Å². The first-order valence-electron chi connectivity index (χ1n) is 11.2. The number of hydrogen-bond acceptors (Lipinski definition) is 3. The van der Waals surface area contributed by atoms with E-state index in [0.717, 1.165) is 54.0 Å². The molecule has 4 aromatic rings. The summed E-state index contributed by atoms with van der Waals surface area (Å²) in [6, 6.07) is 20.7. The predicted octanol–water partition coefficient (Wildman–Crippen LogP) is 4.39. The Morgan fingerprint density at radius 3 is 2.50 bits per heavy atom. The highest BCUT2D eigenvalue weighted by atomic mass is 16.1. The number of likely N-dealkylation sites (N-methyl/N-ethyl adjacent to an activating group) is 1. The maximum absolute atomic E-state index is 12.0. The van der Waals surface area contributed by atoms with Crippen molar-refractivity contribution < 1.29 is 4.79 Å². The standard InChI is InChI=1S/C27H28N4O/c1-18-8-13-25-26(29-18)22-14-16-30(3)17-15-24(22)31(25)23-7-5-4-6-21(23)19-9-11-20(12-10-19)27(32)28-2/h4-13H,14-17H2,1-3H3,(H,28,32). The number of nitrogens with one attached hydrogen (secondary N) is 1. The van der Waals surface area contributed by atoms with E-state index in [1.165, 1.54) is 16.8 Å². The van der Waals surface area contributed by atoms with Crippen molar-refractivity contribution in [2.75, 3.05) is 27.2 Å². The third kappa shape index (κ3) is 3.49. The molecule has 32 heavy (non-hydrogen) atoms. The summed E-state index contributed by atoms with van der Waals surface area (Å²) in [6.07, 6.45) is 2.00. The lowest BCUT2D eigenvalue weighted by molar-refractivity contribution is 0.0963. The number of aryl methyl sites for hydroxylation is 1. The molecule has 3 heterocycles. The first-order chi connectivity index (χ1) is 15.6. The van der Waals surface area contributed by atoms with Crippen molar-refractivity contribution >= 4 is 16.9 Å². The van der Waals surface area contributed by atoms with E-state index in [2.05, 4.69) is 65.2 Å². The molecule has 2 aromatic carbocycles. The summed E-state index contributed by atoms with van der Waals surface area (Å²) >= 11 is 0. The lowest BCUT2D eigenvalue weighted by Gasteiger charge is -2.17. The van der Waals surface area contributed by atoms with E-state index in [0.29, 0.717) is 5.56 Å². The Bertz CT molecular complexity index is 1300. The molecule has 5 nitrogen and oxygen atoms in total. The minimum Gasteiger partial charge on any atom is -0.355 e. The average Bonchev–Trinajstić information content (AvgIpc) is 2.99. The van der Waals surface area contributed by atoms with E-state index in [-0.39, 0.29) is 5.91 Å². The van der Waals surface area contributed by atoms with Crippen LogP contribution in [0.2, 0.25) is 0 Å². The summed E-state index contributed by atoms with van der Waals surface area (Å²) in [5, 5.41) is 2.69. The Kier molecular flexibility index (Phi) is 5.27. The van der Waals surface area contributed by atoms with Gasteiger partial charge in [-0.05, 0) is 56.3 Å². The number of aromatic nitrogens is 2. The van der Waals surface area contributed by atoms with Gasteiger partial charge in [-0.1, -0.05) is 30.3 Å². The second-order valence-corrected chi connectivity index (χ2v) is 8.56. The van der Waals surface area contributed by atoms with E-state index in [4.69, 9.17) is 4.98 Å². The van der Waals surface area contributed by atoms with Crippen molar-refractivity contribution in [3.63, 3.8) is 0 Å². The zero-order valence-electron chi connectivity index (χ0n) is 18.9. The summed E-state index contributed by atoms with van der Waals surface area (Å²) in [5.41, 5.74) is 10.1. The number of nitrogens with zero attached hydrogens (tertiary/aromatic N) is 3. The molecular formula is C27H28N4O. The Balaban J connectivity index is 1.72. The Morgan fingerprint density at radius 1 is 0.969 bits per heavy atom. The van der Waals surface area contributed by atoms with E-state index < -0.39 is 0 Å². The number of benzene rings is 2. The third-order valence-corrected chi connectivity index (χ3v) is 6.46. The van der Waals surface area contributed by atoms with Crippen LogP contribution >= 0.6 is 0 Å². The highest BCUT2D eigenvalue weighted by molar-refractivity contribution is 5.94. The molecule has 0 spiro atoms. The van der Waals surface area contributed by atoms with Crippen molar-refractivity contribution in [3.05, 3.63) is 83.2 Å². The Hall–Kier alpha value is -3.44. The van der Waals surface area contributed by atoms with Crippen LogP contribution in [0.1, 0.15) is 27.3 Å². The minimum absolute atomic E-state index is 0.0721. The first kappa shape index (κ1) is 20.5. The van der Waals surface area contributed by atoms with Gasteiger partial charge in [0.1, 0.15) is 0 Å². The second kappa shape index (κ2) is 8.24. The van der Waals surface area contributed by atoms with Crippen molar-refractivity contribution in [3.8, 4) is 16.8 Å². The van der Waals surface area contributed by atoms with Crippen LogP contribution in [0.15, 0.2) is 60.7 Å². The summed E-state index contributed by atoms with van der Waals surface area (Å²) in [6.45, 7) is 4.14. The minimum atomic E-state index is -0.0721. The van der Waals surface area contributed by atoms with Crippen LogP contribution in [0.5, 0.6) is 0 Å². The van der Waals surface area contributed by atoms with Crippen molar-refractivity contribution in [1.82, 2.24) is 19.8 Å². The SMILES string of the molecule is CNC(=O)c1ccc(-c2ccccc2-n2c3c(c4nc(C)ccc42)CCN(C)CC3)cc1. The van der Waals surface area contributed by atoms with Gasteiger partial charge < -0.3 is 14.8 Å². The number of hydrogen-bond donors (Lipinski definition) is 1. The summed E-state index contributed by atoms with van der Waals surface area (Å²) < 4.78 is 2.41. The van der Waals surface area contributed by atoms with Gasteiger partial charge in [0.2, 0.25) is 0 Å². The molecule has 5 rings (SSSR count). The molecule has 0 saturated carbocycles. The number of para-hydroxylation sites is 1. The number of rotatable bonds is 3. The molecule has 0 radical (unpaired) electrons. The number of fused-ring (bicyclic) bond motifs is 3. The second-order valence-electron chi connectivity index (χ2n) is 8.56. The smallest absolute Gasteiger partial charge is 0.251 e. The van der Waals surface area contributed by atoms with E-state index in [9.17, 15) is 4.79 Å². The normalized spacial score (nSPS) is 14.2. The van der Waals surface area contributed by atoms with Gasteiger partial charge in [-0.15, -0.1) is 0 Å². The first-order valence-corrected chi connectivity index (χ1v) is 11.2. The number of carbonyl (C=O) groups is 1. The van der Waals surface area contributed by atoms with Crippen LogP contribution in [0.4, 0.5) is 0 Å². The fourth-order valence-electron chi connectivity index (χ4n) is 4.74. The predicted molar refractivity (Wildman–Crippen MR) is 130 cm³/mol. The van der Waals surface area contributed by atoms with Crippen LogP contribution in [0.25, 0.3) is 27.8 Å². The zero-order chi connectivity index (χ0) is 22.2. The molecule has 2 aromatic heterocycles. The highest BCUT2D eigenvalue weighted by Crippen LogP contribution is 2.35. The van der Waals surface area contributed by atoms with Crippen LogP contribution in [0.3, 0.4) is 0 Å². The quantitative estimate of drug-likeness (QED) is 0.531. The molecule has 1 aliphatic heterocycles. The molecule has 0 unspecified atom stereocenters. The third-order valence-electron chi connectivity index (χ3n) is 6.46. The molecule has 0 aliphatic carbocycles. The van der Waals surface area contributed by atoms with Gasteiger partial charge in [0.25, 0.3) is 5.91 Å². The van der Waals surface area contributed by atoms with Gasteiger partial charge in [-0.25, -0.2) is 0 Å². The summed E-state index contributed by atoms with van der Waals surface area (Å²) in [7, 11) is 3.85. The lowest BCUT2D eigenvalue weighted by Crippen LogP contribution is -2.21. The monoisotopic (exact) mass is 424 g/mol. The fraction of sp³-hybridized carbons (Fsp3) is 0.259. The number of carbonyl (C=O) groups excluding carboxylic acids is 1. The van der Waals surface area contributed by atoms with Gasteiger partial charge in [0, 0.05) is 54.6 Å². The molecule has 1 N–H and O–H groups in total. The highest BCUT2D eigenvalue weighted by Gasteiger charge is 2.23. The van der Waals surface area contributed by atoms with Gasteiger partial charge in [0.05, 0.1) is 16.7 Å². The Morgan fingerprint density at radius 2 is 1.72 bits per heavy atom. The molecule has 1 amide bonds. The lowest BCUT2D eigenvalue weighted by atomic mass is 10.0. The van der Waals surface area contributed by atoms with Gasteiger partial charge in [0.15, 0.2) is 0 Å². The van der Waals surface area contributed by atoms with E-state index >= 15 is 0 Å². The summed E-state index contributed by atoms with van der Waals surface area (Å²) in [4.78, 5) is 19.3. The largest absolute Gasteiger partial charge is 0.355 e. The van der Waals surface area contributed by atoms with Crippen molar-refractivity contribution in [2.24, 2.45) is 0 Å². The van der Waals surface area contributed by atoms with Crippen LogP contribution in [-0.4, -0.2) is 47.5 Å². The fourth-order valence-corrected chi connectivity index (χ4v) is 4.74. The van der Waals surface area contributed by atoms with Crippen molar-refractivity contribution in [2.45, 2.75) is 19.8 Å². The molecule has 1 aliphatic rings. The topological polar surface area (TPSA) is 50.2 Å². The van der Waals surface area contributed by atoms with Gasteiger partial charge >= 0.3 is 0 Å². The molecule has 0 saturated heterocycles. The van der Waals surface area contributed by atoms with Crippen LogP contribution in [0, 0.1) is 6.92 Å².